The summed E-state index contributed by atoms with van der Waals surface area (Å²) in [6.45, 7) is 6.00. The first kappa shape index (κ1) is 17.2. The van der Waals surface area contributed by atoms with E-state index >= 15 is 0 Å². The Kier molecular flexibility index (Phi) is 10.3. The summed E-state index contributed by atoms with van der Waals surface area (Å²) in [7, 11) is 0. The van der Waals surface area contributed by atoms with Crippen LogP contribution in [0.5, 0.6) is 0 Å². The number of nitrogens with zero attached hydrogens (tertiary/aromatic N) is 2. The van der Waals surface area contributed by atoms with Crippen LogP contribution in [-0.4, -0.2) is 36.9 Å². The Morgan fingerprint density at radius 1 is 1.10 bits per heavy atom. The van der Waals surface area contributed by atoms with Crippen molar-refractivity contribution < 1.29 is 0 Å². The summed E-state index contributed by atoms with van der Waals surface area (Å²) in [6, 6.07) is 0. The van der Waals surface area contributed by atoms with Gasteiger partial charge in [-0.3, -0.25) is 4.99 Å². The molecule has 0 fully saturated rings. The van der Waals surface area contributed by atoms with Gasteiger partial charge in [0, 0.05) is 26.1 Å². The molecule has 0 aliphatic carbocycles. The van der Waals surface area contributed by atoms with Crippen LogP contribution < -0.4 is 5.73 Å². The zero-order chi connectivity index (χ0) is 14.5. The van der Waals surface area contributed by atoms with Gasteiger partial charge in [0.05, 0.1) is 12.4 Å². The molecule has 116 valence electrons. The van der Waals surface area contributed by atoms with Gasteiger partial charge in [0.25, 0.3) is 0 Å². The fourth-order valence-corrected chi connectivity index (χ4v) is 2.64. The lowest BCUT2D eigenvalue weighted by Crippen LogP contribution is -2.32. The summed E-state index contributed by atoms with van der Waals surface area (Å²) in [6.07, 6.45) is 16.4. The van der Waals surface area contributed by atoms with Crippen molar-refractivity contribution in [3.05, 3.63) is 12.2 Å². The normalized spacial score (nSPS) is 15.3. The van der Waals surface area contributed by atoms with Crippen molar-refractivity contribution in [3.63, 3.8) is 0 Å². The van der Waals surface area contributed by atoms with Crippen molar-refractivity contribution in [1.29, 1.82) is 0 Å². The molecule has 1 aliphatic rings. The summed E-state index contributed by atoms with van der Waals surface area (Å²) in [4.78, 5) is 6.92. The molecule has 0 spiro atoms. The summed E-state index contributed by atoms with van der Waals surface area (Å²) < 4.78 is 0. The average Bonchev–Trinajstić information content (AvgIpc) is 2.89. The Labute approximate surface area is 125 Å². The Morgan fingerprint density at radius 2 is 1.85 bits per heavy atom. The third-order valence-corrected chi connectivity index (χ3v) is 3.84. The molecule has 0 radical (unpaired) electrons. The number of hydrogen-bond acceptors (Lipinski definition) is 3. The number of nitrogens with two attached hydrogens (primary N) is 1. The minimum absolute atomic E-state index is 0.733. The van der Waals surface area contributed by atoms with Gasteiger partial charge in [0.1, 0.15) is 0 Å². The Balaban J connectivity index is 1.96. The van der Waals surface area contributed by atoms with Crippen LogP contribution in [0.3, 0.4) is 0 Å². The summed E-state index contributed by atoms with van der Waals surface area (Å²) in [5.41, 5.74) is 5.62. The molecule has 0 aromatic carbocycles. The van der Waals surface area contributed by atoms with Crippen molar-refractivity contribution in [2.45, 2.75) is 64.7 Å². The SMILES string of the molecule is CCCCCCC/C=C/CCCC1=NCCN1CCN. The Morgan fingerprint density at radius 3 is 2.60 bits per heavy atom. The first-order valence-electron chi connectivity index (χ1n) is 8.51. The lowest BCUT2D eigenvalue weighted by atomic mass is 10.1. The van der Waals surface area contributed by atoms with Gasteiger partial charge in [-0.15, -0.1) is 0 Å². The molecule has 0 saturated carbocycles. The first-order valence-corrected chi connectivity index (χ1v) is 8.51. The molecular formula is C17H33N3. The highest BCUT2D eigenvalue weighted by molar-refractivity contribution is 5.83. The Bertz CT molecular complexity index is 284. The fourth-order valence-electron chi connectivity index (χ4n) is 2.64. The molecule has 2 N–H and O–H groups in total. The van der Waals surface area contributed by atoms with Crippen LogP contribution in [0.2, 0.25) is 0 Å². The number of unbranched alkanes of at least 4 members (excludes halogenated alkanes) is 6. The van der Waals surface area contributed by atoms with E-state index in [4.69, 9.17) is 5.73 Å². The number of amidine groups is 1. The van der Waals surface area contributed by atoms with Gasteiger partial charge in [-0.05, 0) is 25.7 Å². The van der Waals surface area contributed by atoms with E-state index in [0.29, 0.717) is 0 Å². The summed E-state index contributed by atoms with van der Waals surface area (Å²) in [5.74, 6) is 1.28. The van der Waals surface area contributed by atoms with Crippen LogP contribution in [0.1, 0.15) is 64.7 Å². The quantitative estimate of drug-likeness (QED) is 0.437. The molecule has 0 aromatic rings. The van der Waals surface area contributed by atoms with E-state index < -0.39 is 0 Å². The topological polar surface area (TPSA) is 41.6 Å². The van der Waals surface area contributed by atoms with Crippen LogP contribution in [0.4, 0.5) is 0 Å². The van der Waals surface area contributed by atoms with E-state index in [-0.39, 0.29) is 0 Å². The van der Waals surface area contributed by atoms with E-state index in [2.05, 4.69) is 29.0 Å². The standard InChI is InChI=1S/C17H33N3/c1-2-3-4-5-6-7-8-9-10-11-12-17-19-14-16-20(17)15-13-18/h8-9H,2-7,10-16,18H2,1H3/b9-8+. The third-order valence-electron chi connectivity index (χ3n) is 3.84. The third kappa shape index (κ3) is 7.68. The van der Waals surface area contributed by atoms with Crippen molar-refractivity contribution in [3.8, 4) is 0 Å². The maximum absolute atomic E-state index is 5.62. The van der Waals surface area contributed by atoms with E-state index in [1.54, 1.807) is 0 Å². The van der Waals surface area contributed by atoms with Crippen molar-refractivity contribution in [2.75, 3.05) is 26.2 Å². The molecule has 0 amide bonds. The molecule has 1 heterocycles. The molecule has 0 saturated heterocycles. The highest BCUT2D eigenvalue weighted by atomic mass is 15.2. The molecule has 1 rings (SSSR count). The number of rotatable bonds is 12. The smallest absolute Gasteiger partial charge is 0.0990 e. The first-order chi connectivity index (χ1) is 9.88. The highest BCUT2D eigenvalue weighted by Crippen LogP contribution is 2.09. The van der Waals surface area contributed by atoms with E-state index in [1.165, 1.54) is 57.2 Å². The van der Waals surface area contributed by atoms with Crippen molar-refractivity contribution in [2.24, 2.45) is 10.7 Å². The monoisotopic (exact) mass is 279 g/mol. The van der Waals surface area contributed by atoms with Gasteiger partial charge in [0.15, 0.2) is 0 Å². The van der Waals surface area contributed by atoms with Crippen LogP contribution in [0, 0.1) is 0 Å². The largest absolute Gasteiger partial charge is 0.357 e. The maximum atomic E-state index is 5.62. The zero-order valence-corrected chi connectivity index (χ0v) is 13.3. The van der Waals surface area contributed by atoms with Gasteiger partial charge < -0.3 is 10.6 Å². The second kappa shape index (κ2) is 12.0. The molecule has 3 nitrogen and oxygen atoms in total. The molecule has 0 bridgehead atoms. The lowest BCUT2D eigenvalue weighted by molar-refractivity contribution is 0.458. The van der Waals surface area contributed by atoms with E-state index in [9.17, 15) is 0 Å². The summed E-state index contributed by atoms with van der Waals surface area (Å²) >= 11 is 0. The highest BCUT2D eigenvalue weighted by Gasteiger charge is 2.14. The van der Waals surface area contributed by atoms with Gasteiger partial charge in [-0.1, -0.05) is 44.8 Å². The molecule has 20 heavy (non-hydrogen) atoms. The molecule has 3 heteroatoms. The average molecular weight is 279 g/mol. The van der Waals surface area contributed by atoms with Crippen molar-refractivity contribution in [1.82, 2.24) is 4.90 Å². The van der Waals surface area contributed by atoms with Gasteiger partial charge in [0.2, 0.25) is 0 Å². The van der Waals surface area contributed by atoms with Gasteiger partial charge in [-0.25, -0.2) is 0 Å². The number of hydrogen-bond donors (Lipinski definition) is 1. The van der Waals surface area contributed by atoms with Crippen LogP contribution in [0.15, 0.2) is 17.1 Å². The van der Waals surface area contributed by atoms with E-state index in [1.807, 2.05) is 0 Å². The fraction of sp³-hybridized carbons (Fsp3) is 0.824. The van der Waals surface area contributed by atoms with Crippen LogP contribution >= 0.6 is 0 Å². The second-order valence-electron chi connectivity index (χ2n) is 5.64. The number of aliphatic imine (C=N–C) groups is 1. The minimum Gasteiger partial charge on any atom is -0.357 e. The molecule has 1 aliphatic heterocycles. The van der Waals surface area contributed by atoms with E-state index in [0.717, 1.165) is 32.6 Å². The maximum Gasteiger partial charge on any atom is 0.0990 e. The lowest BCUT2D eigenvalue weighted by Gasteiger charge is -2.18. The molecular weight excluding hydrogens is 246 g/mol. The molecule has 0 aromatic heterocycles. The van der Waals surface area contributed by atoms with Crippen LogP contribution in [0.25, 0.3) is 0 Å². The zero-order valence-electron chi connectivity index (χ0n) is 13.3. The minimum atomic E-state index is 0.733. The predicted molar refractivity (Wildman–Crippen MR) is 89.3 cm³/mol. The Hall–Kier alpha value is -0.830. The van der Waals surface area contributed by atoms with Gasteiger partial charge in [-0.2, -0.15) is 0 Å². The van der Waals surface area contributed by atoms with Crippen molar-refractivity contribution >= 4 is 5.84 Å². The van der Waals surface area contributed by atoms with Gasteiger partial charge >= 0.3 is 0 Å². The molecule has 0 unspecified atom stereocenters. The van der Waals surface area contributed by atoms with Crippen LogP contribution in [-0.2, 0) is 0 Å². The molecule has 0 atom stereocenters. The summed E-state index contributed by atoms with van der Waals surface area (Å²) in [5, 5.41) is 0. The predicted octanol–water partition coefficient (Wildman–Crippen LogP) is 3.75. The number of allylic oxidation sites excluding steroid dienone is 2. The second-order valence-corrected chi connectivity index (χ2v) is 5.64.